The van der Waals surface area contributed by atoms with Crippen LogP contribution in [0.4, 0.5) is 19.4 Å². The van der Waals surface area contributed by atoms with Gasteiger partial charge in [-0.1, -0.05) is 13.8 Å². The lowest BCUT2D eigenvalue weighted by atomic mass is 10.1. The minimum atomic E-state index is -0.690. The van der Waals surface area contributed by atoms with Crippen molar-refractivity contribution >= 4 is 53.3 Å². The highest BCUT2D eigenvalue weighted by Gasteiger charge is 2.23. The van der Waals surface area contributed by atoms with Gasteiger partial charge in [0.15, 0.2) is 23.1 Å². The number of nitrogens with zero attached hydrogens (tertiary/aromatic N) is 5. The number of carbonyl (C=O) groups excluding carboxylic acids is 1. The van der Waals surface area contributed by atoms with E-state index >= 15 is 0 Å². The molecule has 192 valence electrons. The topological polar surface area (TPSA) is 99.2 Å². The summed E-state index contributed by atoms with van der Waals surface area (Å²) < 4.78 is 33.5. The van der Waals surface area contributed by atoms with Crippen LogP contribution in [0.15, 0.2) is 24.7 Å². The second-order valence-electron chi connectivity index (χ2n) is 8.42. The fraction of sp³-hybridized carbons (Fsp3) is 0.478. The zero-order valence-corrected chi connectivity index (χ0v) is 23.5. The summed E-state index contributed by atoms with van der Waals surface area (Å²) >= 11 is 2.08. The summed E-state index contributed by atoms with van der Waals surface area (Å²) in [6.45, 7) is 11.4. The van der Waals surface area contributed by atoms with Crippen LogP contribution in [0, 0.1) is 11.6 Å². The van der Waals surface area contributed by atoms with Crippen LogP contribution >= 0.6 is 30.3 Å². The standard InChI is InChI=1S/C11H6F2IN5S.C10H19NO2.C2H6/c12-5-1-6-7(4-19(20-14)11(6)17-2-5)10-16-3-8(13)9(15)18-10;1-10(2,3)13-9(12)11-7-5-4-6-8-11;1-2/h1-4H,(H2,15,16,18);4-8H2,1-3H3;1-2H3. The first-order valence-corrected chi connectivity index (χ1v) is 14.6. The summed E-state index contributed by atoms with van der Waals surface area (Å²) in [5.41, 5.74) is 6.20. The number of amides is 1. The lowest BCUT2D eigenvalue weighted by Gasteiger charge is -2.29. The maximum Gasteiger partial charge on any atom is 0.410 e. The molecule has 3 aromatic rings. The van der Waals surface area contributed by atoms with Gasteiger partial charge >= 0.3 is 6.09 Å². The molecule has 35 heavy (non-hydrogen) atoms. The Morgan fingerprint density at radius 3 is 2.37 bits per heavy atom. The van der Waals surface area contributed by atoms with E-state index in [0.717, 1.165) is 38.3 Å². The number of piperidine rings is 1. The van der Waals surface area contributed by atoms with Gasteiger partial charge in [0.1, 0.15) is 11.4 Å². The first-order chi connectivity index (χ1) is 16.6. The Balaban J connectivity index is 0.000000251. The van der Waals surface area contributed by atoms with E-state index < -0.39 is 11.6 Å². The van der Waals surface area contributed by atoms with Gasteiger partial charge in [-0.05, 0) is 46.1 Å². The van der Waals surface area contributed by atoms with E-state index in [1.165, 1.54) is 21.6 Å². The highest BCUT2D eigenvalue weighted by atomic mass is 127. The predicted octanol–water partition coefficient (Wildman–Crippen LogP) is 6.63. The molecule has 0 radical (unpaired) electrons. The van der Waals surface area contributed by atoms with Crippen LogP contribution in [0.1, 0.15) is 53.9 Å². The fourth-order valence-electron chi connectivity index (χ4n) is 3.20. The van der Waals surface area contributed by atoms with Gasteiger partial charge in [-0.3, -0.25) is 3.97 Å². The molecule has 1 amide bonds. The molecule has 1 aliphatic heterocycles. The molecule has 1 aliphatic rings. The second kappa shape index (κ2) is 13.2. The number of ether oxygens (including phenoxy) is 1. The number of likely N-dealkylation sites (tertiary alicyclic amines) is 1. The van der Waals surface area contributed by atoms with Crippen molar-refractivity contribution < 1.29 is 18.3 Å². The van der Waals surface area contributed by atoms with E-state index in [4.69, 9.17) is 10.5 Å². The summed E-state index contributed by atoms with van der Waals surface area (Å²) in [6, 6.07) is 1.34. The van der Waals surface area contributed by atoms with Gasteiger partial charge in [-0.2, -0.15) is 0 Å². The molecule has 0 saturated carbocycles. The molecule has 0 aromatic carbocycles. The molecule has 0 spiro atoms. The van der Waals surface area contributed by atoms with Gasteiger partial charge in [0.05, 0.1) is 12.4 Å². The number of fused-ring (bicyclic) bond motifs is 1. The molecule has 4 heterocycles. The molecule has 8 nitrogen and oxygen atoms in total. The van der Waals surface area contributed by atoms with E-state index in [9.17, 15) is 13.6 Å². The number of nitrogen functional groups attached to an aromatic ring is 1. The number of pyridine rings is 1. The number of rotatable bonds is 2. The van der Waals surface area contributed by atoms with Crippen LogP contribution in [-0.4, -0.2) is 48.6 Å². The summed E-state index contributed by atoms with van der Waals surface area (Å²) in [5.74, 6) is -1.18. The van der Waals surface area contributed by atoms with Crippen LogP contribution in [0.2, 0.25) is 0 Å². The molecular formula is C23H31F2IN6O2S. The minimum absolute atomic E-state index is 0.160. The van der Waals surface area contributed by atoms with Gasteiger partial charge in [0, 0.05) is 60.6 Å². The third kappa shape index (κ3) is 8.16. The van der Waals surface area contributed by atoms with Gasteiger partial charge in [0.25, 0.3) is 0 Å². The smallest absolute Gasteiger partial charge is 0.410 e. The quantitative estimate of drug-likeness (QED) is 0.321. The lowest BCUT2D eigenvalue weighted by molar-refractivity contribution is 0.0216. The third-order valence-electron chi connectivity index (χ3n) is 4.67. The van der Waals surface area contributed by atoms with Crippen molar-refractivity contribution in [3.8, 4) is 11.4 Å². The Hall–Kier alpha value is -2.22. The number of hydrogen-bond donors (Lipinski definition) is 1. The normalized spacial score (nSPS) is 13.4. The maximum atomic E-state index is 13.4. The molecule has 1 fully saturated rings. The largest absolute Gasteiger partial charge is 0.444 e. The predicted molar refractivity (Wildman–Crippen MR) is 145 cm³/mol. The van der Waals surface area contributed by atoms with Crippen LogP contribution in [0.25, 0.3) is 22.4 Å². The molecular weight excluding hydrogens is 589 g/mol. The highest BCUT2D eigenvalue weighted by Crippen LogP contribution is 2.32. The first kappa shape index (κ1) is 29.0. The SMILES string of the molecule is CC.CC(C)(C)OC(=O)N1CCCCC1.Nc1nc(-c2cn(SI)c3ncc(F)cc23)ncc1F. The van der Waals surface area contributed by atoms with Crippen LogP contribution in [-0.2, 0) is 4.74 Å². The summed E-state index contributed by atoms with van der Waals surface area (Å²) in [5, 5.41) is 0.542. The van der Waals surface area contributed by atoms with E-state index in [0.29, 0.717) is 16.6 Å². The molecule has 4 rings (SSSR count). The Labute approximate surface area is 220 Å². The molecule has 0 bridgehead atoms. The molecule has 0 atom stereocenters. The number of nitrogens with two attached hydrogens (primary N) is 1. The molecule has 2 N–H and O–H groups in total. The number of aromatic nitrogens is 4. The molecule has 3 aromatic heterocycles. The maximum absolute atomic E-state index is 13.4. The van der Waals surface area contributed by atoms with Crippen molar-refractivity contribution in [1.29, 1.82) is 0 Å². The number of anilines is 1. The van der Waals surface area contributed by atoms with Crippen molar-refractivity contribution in [2.45, 2.75) is 59.5 Å². The monoisotopic (exact) mass is 620 g/mol. The van der Waals surface area contributed by atoms with Crippen molar-refractivity contribution in [3.05, 3.63) is 36.3 Å². The third-order valence-corrected chi connectivity index (χ3v) is 6.37. The number of hydrogen-bond acceptors (Lipinski definition) is 7. The number of carbonyl (C=O) groups is 1. The van der Waals surface area contributed by atoms with Crippen molar-refractivity contribution in [3.63, 3.8) is 0 Å². The van der Waals surface area contributed by atoms with E-state index in [1.54, 1.807) is 15.1 Å². The lowest BCUT2D eigenvalue weighted by Crippen LogP contribution is -2.39. The fourth-order valence-corrected chi connectivity index (χ4v) is 4.45. The summed E-state index contributed by atoms with van der Waals surface area (Å²) in [6.07, 6.45) is 7.13. The Morgan fingerprint density at radius 2 is 1.80 bits per heavy atom. The average molecular weight is 621 g/mol. The van der Waals surface area contributed by atoms with Crippen LogP contribution in [0.3, 0.4) is 0 Å². The zero-order chi connectivity index (χ0) is 26.2. The molecule has 0 aliphatic carbocycles. The summed E-state index contributed by atoms with van der Waals surface area (Å²) in [4.78, 5) is 25.1. The summed E-state index contributed by atoms with van der Waals surface area (Å²) in [7, 11) is 1.37. The highest BCUT2D eigenvalue weighted by molar-refractivity contribution is 14.2. The minimum Gasteiger partial charge on any atom is -0.444 e. The molecule has 1 saturated heterocycles. The number of halogens is 3. The Morgan fingerprint density at radius 1 is 1.14 bits per heavy atom. The van der Waals surface area contributed by atoms with E-state index in [1.807, 2.05) is 34.6 Å². The van der Waals surface area contributed by atoms with Gasteiger partial charge in [-0.15, -0.1) is 0 Å². The van der Waals surface area contributed by atoms with E-state index in [2.05, 4.69) is 36.2 Å². The zero-order valence-electron chi connectivity index (χ0n) is 20.5. The Kier molecular flexibility index (Phi) is 10.9. The average Bonchev–Trinajstić information content (AvgIpc) is 3.20. The van der Waals surface area contributed by atoms with Gasteiger partial charge < -0.3 is 15.4 Å². The van der Waals surface area contributed by atoms with Crippen molar-refractivity contribution in [2.75, 3.05) is 18.8 Å². The molecule has 12 heteroatoms. The van der Waals surface area contributed by atoms with Crippen LogP contribution in [0.5, 0.6) is 0 Å². The van der Waals surface area contributed by atoms with Crippen LogP contribution < -0.4 is 5.73 Å². The Bertz CT molecular complexity index is 1130. The van der Waals surface area contributed by atoms with E-state index in [-0.39, 0.29) is 23.3 Å². The van der Waals surface area contributed by atoms with Gasteiger partial charge in [0.2, 0.25) is 0 Å². The van der Waals surface area contributed by atoms with Gasteiger partial charge in [-0.25, -0.2) is 28.5 Å². The second-order valence-corrected chi connectivity index (χ2v) is 10.1. The van der Waals surface area contributed by atoms with Crippen molar-refractivity contribution in [1.82, 2.24) is 23.8 Å². The van der Waals surface area contributed by atoms with Crippen molar-refractivity contribution in [2.24, 2.45) is 0 Å². The first-order valence-electron chi connectivity index (χ1n) is 11.3. The molecule has 0 unspecified atom stereocenters.